The van der Waals surface area contributed by atoms with E-state index in [9.17, 15) is 0 Å². The second-order valence-electron chi connectivity index (χ2n) is 7.87. The van der Waals surface area contributed by atoms with Crippen LogP contribution in [0.4, 0.5) is 0 Å². The number of benzene rings is 2. The van der Waals surface area contributed by atoms with Gasteiger partial charge in [0.15, 0.2) is 11.8 Å². The van der Waals surface area contributed by atoms with Gasteiger partial charge >= 0.3 is 0 Å². The molecule has 2 heterocycles. The van der Waals surface area contributed by atoms with Crippen LogP contribution in [0.1, 0.15) is 51.0 Å². The van der Waals surface area contributed by atoms with Gasteiger partial charge in [0.05, 0.1) is 12.1 Å². The lowest BCUT2D eigenvalue weighted by molar-refractivity contribution is 0.166. The van der Waals surface area contributed by atoms with E-state index in [1.54, 1.807) is 0 Å². The SMILES string of the molecule is C[C@@H]1N=C(C(C)(C)C2=N[C@@H](C)[C@H](c3ccccc3)O2)O[C@H]1c1ccccc1. The van der Waals surface area contributed by atoms with Crippen molar-refractivity contribution in [3.63, 3.8) is 0 Å². The standard InChI is InChI=1S/C23H26N2O2/c1-15-19(17-11-7-5-8-12-17)26-21(24-15)23(3,4)22-25-16(2)20(27-22)18-13-9-6-10-14-18/h5-16,19-20H,1-4H3/t15-,16-,19+,20+/m0/s1. The van der Waals surface area contributed by atoms with Crippen LogP contribution >= 0.6 is 0 Å². The molecular formula is C23H26N2O2. The average molecular weight is 362 g/mol. The van der Waals surface area contributed by atoms with E-state index in [4.69, 9.17) is 19.5 Å². The van der Waals surface area contributed by atoms with Gasteiger partial charge in [-0.25, -0.2) is 9.98 Å². The highest BCUT2D eigenvalue weighted by atomic mass is 16.5. The molecule has 2 aliphatic heterocycles. The Kier molecular flexibility index (Phi) is 4.50. The fraction of sp³-hybridized carbons (Fsp3) is 0.391. The Bertz CT molecular complexity index is 787. The van der Waals surface area contributed by atoms with E-state index in [2.05, 4.69) is 52.0 Å². The van der Waals surface area contributed by atoms with Crippen LogP contribution in [-0.2, 0) is 9.47 Å². The Morgan fingerprint density at radius 3 is 1.41 bits per heavy atom. The average Bonchev–Trinajstić information content (AvgIpc) is 3.27. The van der Waals surface area contributed by atoms with Gasteiger partial charge in [-0.2, -0.15) is 0 Å². The molecule has 0 radical (unpaired) electrons. The summed E-state index contributed by atoms with van der Waals surface area (Å²) in [5.74, 6) is 1.40. The van der Waals surface area contributed by atoms with Crippen molar-refractivity contribution in [3.05, 3.63) is 71.8 Å². The van der Waals surface area contributed by atoms with E-state index in [0.717, 1.165) is 11.1 Å². The van der Waals surface area contributed by atoms with Crippen molar-refractivity contribution in [3.8, 4) is 0 Å². The predicted octanol–water partition coefficient (Wildman–Crippen LogP) is 5.13. The van der Waals surface area contributed by atoms with Crippen molar-refractivity contribution in [2.75, 3.05) is 0 Å². The summed E-state index contributed by atoms with van der Waals surface area (Å²) in [5.41, 5.74) is 1.78. The predicted molar refractivity (Wildman–Crippen MR) is 108 cm³/mol. The monoisotopic (exact) mass is 362 g/mol. The normalized spacial score (nSPS) is 27.6. The second-order valence-corrected chi connectivity index (χ2v) is 7.87. The van der Waals surface area contributed by atoms with Crippen LogP contribution in [0.5, 0.6) is 0 Å². The van der Waals surface area contributed by atoms with Crippen LogP contribution in [0, 0.1) is 5.41 Å². The lowest BCUT2D eigenvalue weighted by Crippen LogP contribution is -2.34. The van der Waals surface area contributed by atoms with Gasteiger partial charge < -0.3 is 9.47 Å². The highest BCUT2D eigenvalue weighted by Gasteiger charge is 2.45. The maximum absolute atomic E-state index is 6.30. The Hall–Kier alpha value is -2.62. The third kappa shape index (κ3) is 3.25. The number of rotatable bonds is 4. The first-order valence-corrected chi connectivity index (χ1v) is 9.56. The molecule has 0 spiro atoms. The van der Waals surface area contributed by atoms with Crippen molar-refractivity contribution < 1.29 is 9.47 Å². The van der Waals surface area contributed by atoms with Gasteiger partial charge in [-0.15, -0.1) is 0 Å². The largest absolute Gasteiger partial charge is 0.470 e. The molecular weight excluding hydrogens is 336 g/mol. The zero-order valence-corrected chi connectivity index (χ0v) is 16.3. The van der Waals surface area contributed by atoms with Gasteiger partial charge in [0.2, 0.25) is 0 Å². The molecule has 2 aliphatic rings. The smallest absolute Gasteiger partial charge is 0.199 e. The number of ether oxygens (including phenoxy) is 2. The van der Waals surface area contributed by atoms with Crippen molar-refractivity contribution in [1.29, 1.82) is 0 Å². The van der Waals surface area contributed by atoms with Crippen LogP contribution in [0.2, 0.25) is 0 Å². The van der Waals surface area contributed by atoms with E-state index in [1.165, 1.54) is 0 Å². The highest BCUT2D eigenvalue weighted by Crippen LogP contribution is 2.39. The van der Waals surface area contributed by atoms with E-state index in [-0.39, 0.29) is 24.3 Å². The minimum Gasteiger partial charge on any atom is -0.470 e. The van der Waals surface area contributed by atoms with Gasteiger partial charge in [-0.3, -0.25) is 0 Å². The summed E-state index contributed by atoms with van der Waals surface area (Å²) < 4.78 is 12.6. The van der Waals surface area contributed by atoms with Crippen LogP contribution in [0.3, 0.4) is 0 Å². The summed E-state index contributed by atoms with van der Waals surface area (Å²) in [5, 5.41) is 0. The first kappa shape index (κ1) is 17.8. The van der Waals surface area contributed by atoms with E-state index < -0.39 is 5.41 Å². The van der Waals surface area contributed by atoms with Crippen molar-refractivity contribution in [2.45, 2.75) is 52.0 Å². The Balaban J connectivity index is 1.54. The molecule has 4 rings (SSSR count). The van der Waals surface area contributed by atoms with Crippen LogP contribution in [0.15, 0.2) is 70.6 Å². The van der Waals surface area contributed by atoms with Gasteiger partial charge in [-0.05, 0) is 38.8 Å². The number of hydrogen-bond acceptors (Lipinski definition) is 4. The minimum atomic E-state index is -0.504. The Morgan fingerprint density at radius 1 is 0.667 bits per heavy atom. The Morgan fingerprint density at radius 2 is 1.04 bits per heavy atom. The molecule has 0 aromatic heterocycles. The molecule has 0 aliphatic carbocycles. The molecule has 4 atom stereocenters. The first-order chi connectivity index (χ1) is 13.0. The van der Waals surface area contributed by atoms with Gasteiger partial charge in [0.25, 0.3) is 0 Å². The lowest BCUT2D eigenvalue weighted by atomic mass is 9.93. The van der Waals surface area contributed by atoms with E-state index in [0.29, 0.717) is 11.8 Å². The van der Waals surface area contributed by atoms with E-state index in [1.807, 2.05) is 36.4 Å². The Labute approximate surface area is 161 Å². The number of aliphatic imine (C=N–C) groups is 2. The summed E-state index contributed by atoms with van der Waals surface area (Å²) in [6.07, 6.45) is -0.130. The van der Waals surface area contributed by atoms with Crippen LogP contribution in [0.25, 0.3) is 0 Å². The van der Waals surface area contributed by atoms with E-state index >= 15 is 0 Å². The van der Waals surface area contributed by atoms with Crippen LogP contribution < -0.4 is 0 Å². The zero-order valence-electron chi connectivity index (χ0n) is 16.3. The highest BCUT2D eigenvalue weighted by molar-refractivity contribution is 6.05. The zero-order chi connectivity index (χ0) is 19.0. The summed E-state index contributed by atoms with van der Waals surface area (Å²) >= 11 is 0. The first-order valence-electron chi connectivity index (χ1n) is 9.56. The molecule has 4 nitrogen and oxygen atoms in total. The molecule has 0 saturated heterocycles. The molecule has 27 heavy (non-hydrogen) atoms. The van der Waals surface area contributed by atoms with Crippen molar-refractivity contribution in [1.82, 2.24) is 0 Å². The molecule has 0 fully saturated rings. The fourth-order valence-electron chi connectivity index (χ4n) is 3.69. The summed E-state index contributed by atoms with van der Waals surface area (Å²) in [7, 11) is 0. The maximum atomic E-state index is 6.30. The van der Waals surface area contributed by atoms with Gasteiger partial charge in [0, 0.05) is 0 Å². The van der Waals surface area contributed by atoms with Crippen LogP contribution in [-0.4, -0.2) is 23.9 Å². The molecule has 4 heteroatoms. The molecule has 0 bridgehead atoms. The molecule has 0 amide bonds. The second kappa shape index (κ2) is 6.84. The molecule has 0 saturated carbocycles. The molecule has 140 valence electrons. The third-order valence-electron chi connectivity index (χ3n) is 5.32. The lowest BCUT2D eigenvalue weighted by Gasteiger charge is -2.26. The maximum Gasteiger partial charge on any atom is 0.199 e. The number of hydrogen-bond donors (Lipinski definition) is 0. The summed E-state index contributed by atoms with van der Waals surface area (Å²) in [4.78, 5) is 9.64. The summed E-state index contributed by atoms with van der Waals surface area (Å²) in [6, 6.07) is 20.6. The quantitative estimate of drug-likeness (QED) is 0.757. The topological polar surface area (TPSA) is 43.2 Å². The molecule has 0 N–H and O–H groups in total. The fourth-order valence-corrected chi connectivity index (χ4v) is 3.69. The third-order valence-corrected chi connectivity index (χ3v) is 5.32. The van der Waals surface area contributed by atoms with Gasteiger partial charge in [-0.1, -0.05) is 60.7 Å². The minimum absolute atomic E-state index is 0.0611. The van der Waals surface area contributed by atoms with Crippen molar-refractivity contribution >= 4 is 11.8 Å². The van der Waals surface area contributed by atoms with Crippen molar-refractivity contribution in [2.24, 2.45) is 15.4 Å². The summed E-state index contributed by atoms with van der Waals surface area (Å²) in [6.45, 7) is 8.33. The molecule has 0 unspecified atom stereocenters. The molecule has 2 aromatic carbocycles. The number of nitrogens with zero attached hydrogens (tertiary/aromatic N) is 2. The van der Waals surface area contributed by atoms with Gasteiger partial charge in [0.1, 0.15) is 17.6 Å². The molecule has 2 aromatic rings.